The Morgan fingerprint density at radius 1 is 0.953 bits per heavy atom. The van der Waals surface area contributed by atoms with Gasteiger partial charge in [0.1, 0.15) is 6.10 Å². The number of hydrogen-bond acceptors (Lipinski definition) is 4. The number of nitrogens with two attached hydrogens (primary N) is 2. The molecule has 4 rings (SSSR count). The van der Waals surface area contributed by atoms with Crippen LogP contribution in [0.5, 0.6) is 0 Å². The van der Waals surface area contributed by atoms with Crippen molar-refractivity contribution < 1.29 is 9.53 Å². The largest absolute Gasteiger partial charge is 0.446 e. The molecule has 5 heteroatoms. The number of hydrogen-bond donors (Lipinski definition) is 2. The topological polar surface area (TPSA) is 81.6 Å². The molecule has 43 heavy (non-hydrogen) atoms. The molecule has 0 radical (unpaired) electrons. The van der Waals surface area contributed by atoms with Crippen LogP contribution in [-0.4, -0.2) is 41.3 Å². The monoisotopic (exact) mass is 600 g/mol. The van der Waals surface area contributed by atoms with Crippen molar-refractivity contribution in [2.24, 2.45) is 57.8 Å². The Bertz CT molecular complexity index is 959. The summed E-state index contributed by atoms with van der Waals surface area (Å²) >= 11 is 0. The molecule has 4 aliphatic carbocycles. The van der Waals surface area contributed by atoms with Gasteiger partial charge in [0.2, 0.25) is 0 Å². The number of amides is 1. The summed E-state index contributed by atoms with van der Waals surface area (Å²) in [5, 5.41) is 0. The normalized spacial score (nSPS) is 35.1. The van der Waals surface area contributed by atoms with Gasteiger partial charge in [-0.05, 0) is 132 Å². The van der Waals surface area contributed by atoms with Gasteiger partial charge in [-0.2, -0.15) is 0 Å². The first-order valence-electron chi connectivity index (χ1n) is 18.2. The Labute approximate surface area is 265 Å². The lowest BCUT2D eigenvalue weighted by atomic mass is 9.47. The summed E-state index contributed by atoms with van der Waals surface area (Å²) in [4.78, 5) is 15.3. The van der Waals surface area contributed by atoms with E-state index in [2.05, 4.69) is 40.7 Å². The number of fused-ring (bicyclic) bond motifs is 5. The van der Waals surface area contributed by atoms with Gasteiger partial charge in [0.25, 0.3) is 0 Å². The number of nitrogens with zero attached hydrogens (tertiary/aromatic N) is 1. The molecular weight excluding hydrogens is 530 g/mol. The Hall–Kier alpha value is -1.07. The molecule has 0 saturated heterocycles. The maximum atomic E-state index is 13.5. The number of ether oxygens (including phenoxy) is 1. The van der Waals surface area contributed by atoms with Crippen LogP contribution in [0.1, 0.15) is 146 Å². The fraction of sp³-hybridized carbons (Fsp3) is 0.921. The molecule has 5 nitrogen and oxygen atoms in total. The molecule has 0 aromatic carbocycles. The molecule has 8 atom stereocenters. The van der Waals surface area contributed by atoms with Crippen LogP contribution in [0.2, 0.25) is 0 Å². The second-order valence-corrected chi connectivity index (χ2v) is 18.0. The lowest BCUT2D eigenvalue weighted by Crippen LogP contribution is -2.51. The molecule has 0 bridgehead atoms. The predicted molar refractivity (Wildman–Crippen MR) is 181 cm³/mol. The highest BCUT2D eigenvalue weighted by atomic mass is 16.6. The molecule has 4 N–H and O–H groups in total. The number of carbonyl (C=O) groups is 1. The van der Waals surface area contributed by atoms with Gasteiger partial charge in [-0.3, -0.25) is 0 Å². The SMILES string of the molecule is CC(C)CCCC(C)[C@H]1CC[C@H]2[C@@H]3CC=C4C[C@@H](OC(=O)N(CCC(C)(C)N)CCC(C)(C)N)CC[C@]4(C)[C@H]3CC[C@]12C. The summed E-state index contributed by atoms with van der Waals surface area (Å²) in [6.45, 7) is 21.8. The zero-order valence-corrected chi connectivity index (χ0v) is 29.6. The molecule has 0 aliphatic heterocycles. The van der Waals surface area contributed by atoms with Crippen LogP contribution in [0.4, 0.5) is 4.79 Å². The van der Waals surface area contributed by atoms with Gasteiger partial charge >= 0.3 is 6.09 Å². The van der Waals surface area contributed by atoms with E-state index in [0.29, 0.717) is 18.5 Å². The van der Waals surface area contributed by atoms with Crippen LogP contribution >= 0.6 is 0 Å². The van der Waals surface area contributed by atoms with Crippen molar-refractivity contribution in [2.75, 3.05) is 13.1 Å². The zero-order valence-electron chi connectivity index (χ0n) is 29.6. The van der Waals surface area contributed by atoms with E-state index in [-0.39, 0.29) is 28.7 Å². The van der Waals surface area contributed by atoms with E-state index in [1.165, 1.54) is 51.4 Å². The van der Waals surface area contributed by atoms with Gasteiger partial charge in [-0.25, -0.2) is 4.79 Å². The Morgan fingerprint density at radius 2 is 1.60 bits per heavy atom. The standard InChI is InChI=1S/C38H69N3O2/c1-26(2)11-10-12-27(3)31-15-16-32-30-14-13-28-25-29(17-19-37(28,8)33(30)18-20-38(31,32)9)43-34(42)41(23-21-35(4,5)39)24-22-36(6,7)40/h13,26-27,29-33H,10-12,14-25,39-40H2,1-9H3/t27?,29-,30-,31+,32-,33-,37-,38+/m0/s1. The number of allylic oxidation sites excluding steroid dienone is 1. The first-order chi connectivity index (χ1) is 19.9. The number of rotatable bonds is 12. The minimum absolute atomic E-state index is 0.0287. The summed E-state index contributed by atoms with van der Waals surface area (Å²) in [7, 11) is 0. The third-order valence-electron chi connectivity index (χ3n) is 12.8. The molecule has 0 aromatic heterocycles. The van der Waals surface area contributed by atoms with E-state index in [9.17, 15) is 4.79 Å². The molecule has 1 unspecified atom stereocenters. The van der Waals surface area contributed by atoms with Gasteiger partial charge in [0.15, 0.2) is 0 Å². The van der Waals surface area contributed by atoms with E-state index < -0.39 is 0 Å². The molecular formula is C38H69N3O2. The second-order valence-electron chi connectivity index (χ2n) is 18.0. The Morgan fingerprint density at radius 3 is 2.21 bits per heavy atom. The average Bonchev–Trinajstić information content (AvgIpc) is 3.24. The summed E-state index contributed by atoms with van der Waals surface area (Å²) < 4.78 is 6.25. The lowest BCUT2D eigenvalue weighted by Gasteiger charge is -2.58. The van der Waals surface area contributed by atoms with E-state index in [1.807, 2.05) is 32.6 Å². The maximum Gasteiger partial charge on any atom is 0.410 e. The third-order valence-corrected chi connectivity index (χ3v) is 12.8. The molecule has 1 amide bonds. The van der Waals surface area contributed by atoms with Gasteiger partial charge in [0, 0.05) is 30.6 Å². The van der Waals surface area contributed by atoms with E-state index in [4.69, 9.17) is 16.2 Å². The van der Waals surface area contributed by atoms with Crippen LogP contribution in [0.3, 0.4) is 0 Å². The van der Waals surface area contributed by atoms with Crippen LogP contribution in [0, 0.1) is 46.3 Å². The molecule has 3 saturated carbocycles. The summed E-state index contributed by atoms with van der Waals surface area (Å²) in [6, 6.07) is 0. The molecule has 0 spiro atoms. The third kappa shape index (κ3) is 8.21. The minimum Gasteiger partial charge on any atom is -0.446 e. The van der Waals surface area contributed by atoms with Crippen LogP contribution in [0.25, 0.3) is 0 Å². The average molecular weight is 600 g/mol. The van der Waals surface area contributed by atoms with Crippen molar-refractivity contribution in [2.45, 2.75) is 163 Å². The van der Waals surface area contributed by atoms with Crippen molar-refractivity contribution in [1.29, 1.82) is 0 Å². The quantitative estimate of drug-likeness (QED) is 0.219. The van der Waals surface area contributed by atoms with Gasteiger partial charge in [0.05, 0.1) is 0 Å². The van der Waals surface area contributed by atoms with Crippen molar-refractivity contribution >= 4 is 6.09 Å². The lowest BCUT2D eigenvalue weighted by molar-refractivity contribution is -0.0594. The van der Waals surface area contributed by atoms with Gasteiger partial charge < -0.3 is 21.1 Å². The molecule has 0 heterocycles. The fourth-order valence-corrected chi connectivity index (χ4v) is 10.1. The van der Waals surface area contributed by atoms with Crippen molar-refractivity contribution in [3.05, 3.63) is 11.6 Å². The summed E-state index contributed by atoms with van der Waals surface area (Å²) in [6.07, 6.45) is 18.0. The Kier molecular flexibility index (Phi) is 10.8. The predicted octanol–water partition coefficient (Wildman–Crippen LogP) is 9.09. The molecule has 4 aliphatic rings. The van der Waals surface area contributed by atoms with E-state index in [0.717, 1.165) is 67.6 Å². The smallest absolute Gasteiger partial charge is 0.410 e. The van der Waals surface area contributed by atoms with Crippen LogP contribution in [0.15, 0.2) is 11.6 Å². The van der Waals surface area contributed by atoms with Crippen molar-refractivity contribution in [3.8, 4) is 0 Å². The van der Waals surface area contributed by atoms with Gasteiger partial charge in [-0.15, -0.1) is 0 Å². The number of carbonyl (C=O) groups excluding carboxylic acids is 1. The first kappa shape index (κ1) is 34.8. The summed E-state index contributed by atoms with van der Waals surface area (Å²) in [5.41, 5.74) is 14.3. The molecule has 248 valence electrons. The van der Waals surface area contributed by atoms with E-state index in [1.54, 1.807) is 5.57 Å². The van der Waals surface area contributed by atoms with Crippen LogP contribution < -0.4 is 11.5 Å². The minimum atomic E-state index is -0.325. The second kappa shape index (κ2) is 13.3. The van der Waals surface area contributed by atoms with Crippen LogP contribution in [-0.2, 0) is 4.74 Å². The molecule has 3 fully saturated rings. The highest BCUT2D eigenvalue weighted by Gasteiger charge is 2.59. The molecule has 0 aromatic rings. The maximum absolute atomic E-state index is 13.5. The Balaban J connectivity index is 1.39. The highest BCUT2D eigenvalue weighted by molar-refractivity contribution is 5.68. The summed E-state index contributed by atoms with van der Waals surface area (Å²) in [5.74, 6) is 5.06. The first-order valence-corrected chi connectivity index (χ1v) is 18.2. The van der Waals surface area contributed by atoms with Gasteiger partial charge in [-0.1, -0.05) is 65.5 Å². The fourth-order valence-electron chi connectivity index (χ4n) is 10.1. The van der Waals surface area contributed by atoms with Crippen molar-refractivity contribution in [3.63, 3.8) is 0 Å². The van der Waals surface area contributed by atoms with Crippen molar-refractivity contribution in [1.82, 2.24) is 4.90 Å². The van der Waals surface area contributed by atoms with E-state index >= 15 is 0 Å². The zero-order chi connectivity index (χ0) is 31.8. The highest BCUT2D eigenvalue weighted by Crippen LogP contribution is 2.67.